The van der Waals surface area contributed by atoms with Gasteiger partial charge in [-0.25, -0.2) is 18.4 Å². The molecule has 0 aliphatic carbocycles. The molecule has 3 heterocycles. The van der Waals surface area contributed by atoms with Crippen LogP contribution in [0.5, 0.6) is 0 Å². The number of methoxy groups -OCH3 is 1. The van der Waals surface area contributed by atoms with Crippen LogP contribution in [0.25, 0.3) is 11.3 Å². The van der Waals surface area contributed by atoms with Gasteiger partial charge in [0.25, 0.3) is 0 Å². The van der Waals surface area contributed by atoms with Gasteiger partial charge in [0.15, 0.2) is 5.69 Å². The van der Waals surface area contributed by atoms with Crippen molar-refractivity contribution in [2.45, 2.75) is 34.7 Å². The van der Waals surface area contributed by atoms with E-state index in [1.807, 2.05) is 6.07 Å². The molecule has 0 bridgehead atoms. The molecule has 1 saturated heterocycles. The summed E-state index contributed by atoms with van der Waals surface area (Å²) in [4.78, 5) is 4.57. The maximum Gasteiger partial charge on any atom is 0.154 e. The lowest BCUT2D eigenvalue weighted by atomic mass is 9.97. The Kier molecular flexibility index (Phi) is 8.02. The number of pyridine rings is 1. The molecule has 1 aromatic carbocycles. The van der Waals surface area contributed by atoms with Gasteiger partial charge in [0, 0.05) is 28.2 Å². The second-order valence-corrected chi connectivity index (χ2v) is 9.91. The number of aliphatic hydroxyl groups excluding tert-OH is 2. The third-order valence-corrected chi connectivity index (χ3v) is 7.33. The summed E-state index contributed by atoms with van der Waals surface area (Å²) in [6.45, 7) is -0.512. The predicted molar refractivity (Wildman–Crippen MR) is 124 cm³/mol. The van der Waals surface area contributed by atoms with Gasteiger partial charge in [-0.3, -0.25) is 0 Å². The van der Waals surface area contributed by atoms with Gasteiger partial charge in [0.05, 0.1) is 12.8 Å². The number of nitriles is 1. The molecule has 2 aromatic heterocycles. The summed E-state index contributed by atoms with van der Waals surface area (Å²) in [5.74, 6) is -1.91. The fourth-order valence-corrected chi connectivity index (χ4v) is 5.54. The van der Waals surface area contributed by atoms with Gasteiger partial charge < -0.3 is 19.7 Å². The zero-order valence-electron chi connectivity index (χ0n) is 17.8. The minimum absolute atomic E-state index is 0.0923. The zero-order chi connectivity index (χ0) is 25.3. The smallest absolute Gasteiger partial charge is 0.154 e. The van der Waals surface area contributed by atoms with Crippen LogP contribution in [-0.4, -0.2) is 67.7 Å². The number of aliphatic hydroxyl groups is 2. The number of rotatable bonds is 6. The van der Waals surface area contributed by atoms with E-state index in [9.17, 15) is 24.3 Å². The van der Waals surface area contributed by atoms with Gasteiger partial charge in [0.1, 0.15) is 58.2 Å². The van der Waals surface area contributed by atoms with Crippen LogP contribution < -0.4 is 0 Å². The van der Waals surface area contributed by atoms with E-state index in [2.05, 4.69) is 31.2 Å². The molecule has 0 saturated carbocycles. The van der Waals surface area contributed by atoms with E-state index in [0.717, 1.165) is 23.9 Å². The van der Waals surface area contributed by atoms with Gasteiger partial charge in [-0.1, -0.05) is 28.6 Å². The third kappa shape index (κ3) is 5.19. The summed E-state index contributed by atoms with van der Waals surface area (Å²) in [5.41, 5.74) is -0.420. The Morgan fingerprint density at radius 1 is 1.34 bits per heavy atom. The molecule has 1 fully saturated rings. The molecule has 0 spiro atoms. The van der Waals surface area contributed by atoms with E-state index in [0.29, 0.717) is 9.37 Å². The highest BCUT2D eigenvalue weighted by atomic mass is 79.9. The number of hydrogen-bond donors (Lipinski definition) is 2. The molecular formula is C21H17BrClF2N5O4S. The number of halogens is 4. The van der Waals surface area contributed by atoms with Crippen molar-refractivity contribution in [1.29, 1.82) is 5.26 Å². The topological polar surface area (TPSA) is 126 Å². The lowest BCUT2D eigenvalue weighted by molar-refractivity contribution is -0.186. The minimum atomic E-state index is -1.27. The molecule has 5 atom stereocenters. The maximum atomic E-state index is 13.9. The molecular weight excluding hydrogens is 572 g/mol. The normalized spacial score (nSPS) is 24.3. The van der Waals surface area contributed by atoms with Crippen LogP contribution in [0.4, 0.5) is 8.78 Å². The largest absolute Gasteiger partial charge is 0.394 e. The Morgan fingerprint density at radius 3 is 2.69 bits per heavy atom. The second kappa shape index (κ2) is 10.8. The fourth-order valence-electron chi connectivity index (χ4n) is 3.69. The highest BCUT2D eigenvalue weighted by Gasteiger charge is 2.47. The van der Waals surface area contributed by atoms with Crippen molar-refractivity contribution in [3.63, 3.8) is 0 Å². The van der Waals surface area contributed by atoms with Gasteiger partial charge in [-0.05, 0) is 34.1 Å². The van der Waals surface area contributed by atoms with Crippen LogP contribution in [0.2, 0.25) is 5.02 Å². The quantitative estimate of drug-likeness (QED) is 0.417. The number of aromatic nitrogens is 4. The van der Waals surface area contributed by atoms with Crippen LogP contribution in [-0.2, 0) is 9.47 Å². The fraction of sp³-hybridized carbons (Fsp3) is 0.333. The molecule has 35 heavy (non-hydrogen) atoms. The Morgan fingerprint density at radius 2 is 2.06 bits per heavy atom. The summed E-state index contributed by atoms with van der Waals surface area (Å²) >= 11 is 10.0. The zero-order valence-corrected chi connectivity index (χ0v) is 21.0. The summed E-state index contributed by atoms with van der Waals surface area (Å²) in [6, 6.07) is 4.84. The molecule has 9 nitrogen and oxygen atoms in total. The minimum Gasteiger partial charge on any atom is -0.394 e. The lowest BCUT2D eigenvalue weighted by Crippen LogP contribution is -2.55. The second-order valence-electron chi connectivity index (χ2n) is 7.47. The Bertz CT molecular complexity index is 1260. The maximum absolute atomic E-state index is 13.9. The number of nitrogens with zero attached hydrogens (tertiary/aromatic N) is 5. The van der Waals surface area contributed by atoms with E-state index in [4.69, 9.17) is 21.1 Å². The van der Waals surface area contributed by atoms with E-state index in [1.54, 1.807) is 6.07 Å². The molecule has 5 unspecified atom stereocenters. The van der Waals surface area contributed by atoms with E-state index in [1.165, 1.54) is 24.2 Å². The summed E-state index contributed by atoms with van der Waals surface area (Å²) in [5, 5.41) is 37.6. The highest BCUT2D eigenvalue weighted by Crippen LogP contribution is 2.40. The first kappa shape index (κ1) is 25.9. The number of ether oxygens (including phenoxy) is 2. The van der Waals surface area contributed by atoms with Crippen molar-refractivity contribution >= 4 is 39.3 Å². The third-order valence-electron chi connectivity index (χ3n) is 5.36. The predicted octanol–water partition coefficient (Wildman–Crippen LogP) is 3.33. The van der Waals surface area contributed by atoms with E-state index in [-0.39, 0.29) is 17.0 Å². The molecule has 1 aliphatic heterocycles. The summed E-state index contributed by atoms with van der Waals surface area (Å²) in [7, 11) is 1.41. The van der Waals surface area contributed by atoms with Crippen LogP contribution in [0.1, 0.15) is 11.7 Å². The average Bonchev–Trinajstić information content (AvgIpc) is 3.32. The van der Waals surface area contributed by atoms with Crippen molar-refractivity contribution in [1.82, 2.24) is 20.0 Å². The van der Waals surface area contributed by atoms with Crippen LogP contribution in [0.15, 0.2) is 40.0 Å². The molecule has 3 aromatic rings. The standard InChI is InChI=1S/C21H17BrClF2N5O4S/c1-33-20-18(30-7-14(28-29-30)9-2-11(24)17(23)12(25)3-9)19(32)15(8-31)34-21(20)35-16-4-10(22)6-27-13(16)5-26/h2-4,6-7,15,18-21,31-32H,8H2,1H3. The Labute approximate surface area is 215 Å². The summed E-state index contributed by atoms with van der Waals surface area (Å²) < 4.78 is 41.4. The van der Waals surface area contributed by atoms with Gasteiger partial charge in [-0.2, -0.15) is 5.26 Å². The van der Waals surface area contributed by atoms with E-state index < -0.39 is 53.1 Å². The van der Waals surface area contributed by atoms with Crippen molar-refractivity contribution in [3.05, 3.63) is 57.4 Å². The number of benzene rings is 1. The van der Waals surface area contributed by atoms with Gasteiger partial charge in [0.2, 0.25) is 0 Å². The molecule has 0 radical (unpaired) electrons. The van der Waals surface area contributed by atoms with Crippen LogP contribution in [0, 0.1) is 23.0 Å². The number of hydrogen-bond acceptors (Lipinski definition) is 9. The molecule has 14 heteroatoms. The van der Waals surface area contributed by atoms with Crippen molar-refractivity contribution in [2.75, 3.05) is 13.7 Å². The van der Waals surface area contributed by atoms with E-state index >= 15 is 0 Å². The lowest BCUT2D eigenvalue weighted by Gasteiger charge is -2.43. The van der Waals surface area contributed by atoms with Crippen molar-refractivity contribution in [3.8, 4) is 17.3 Å². The Hall–Kier alpha value is -2.18. The number of thioether (sulfide) groups is 1. The first-order chi connectivity index (χ1) is 16.8. The average molecular weight is 589 g/mol. The SMILES string of the molecule is COC1C(Sc2cc(Br)cnc2C#N)OC(CO)C(O)C1n1cc(-c2cc(F)c(Cl)c(F)c2)nn1. The first-order valence-electron chi connectivity index (χ1n) is 10.0. The van der Waals surface area contributed by atoms with Crippen molar-refractivity contribution in [2.24, 2.45) is 0 Å². The molecule has 184 valence electrons. The Balaban J connectivity index is 1.70. The first-order valence-corrected chi connectivity index (χ1v) is 12.1. The highest BCUT2D eigenvalue weighted by molar-refractivity contribution is 9.10. The van der Waals surface area contributed by atoms with Crippen LogP contribution >= 0.6 is 39.3 Å². The molecule has 2 N–H and O–H groups in total. The molecule has 4 rings (SSSR count). The molecule has 0 amide bonds. The van der Waals surface area contributed by atoms with Crippen molar-refractivity contribution < 1.29 is 28.5 Å². The molecule has 1 aliphatic rings. The monoisotopic (exact) mass is 587 g/mol. The van der Waals surface area contributed by atoms with Gasteiger partial charge in [-0.15, -0.1) is 5.10 Å². The summed E-state index contributed by atoms with van der Waals surface area (Å²) in [6.07, 6.45) is -0.249. The van der Waals surface area contributed by atoms with Crippen LogP contribution in [0.3, 0.4) is 0 Å². The van der Waals surface area contributed by atoms with Gasteiger partial charge >= 0.3 is 0 Å².